The third-order valence-corrected chi connectivity index (χ3v) is 8.38. The topological polar surface area (TPSA) is 163 Å². The van der Waals surface area contributed by atoms with Gasteiger partial charge in [0.2, 0.25) is 35.1 Å². The van der Waals surface area contributed by atoms with E-state index in [1.165, 1.54) is 23.1 Å². The number of aromatic nitrogens is 6. The van der Waals surface area contributed by atoms with Gasteiger partial charge in [0.25, 0.3) is 0 Å². The summed E-state index contributed by atoms with van der Waals surface area (Å²) in [5, 5.41) is 21.6. The van der Waals surface area contributed by atoms with Crippen molar-refractivity contribution in [3.8, 4) is 34.2 Å². The van der Waals surface area contributed by atoms with Crippen LogP contribution in [0.5, 0.6) is 0 Å². The van der Waals surface area contributed by atoms with Crippen LogP contribution >= 0.6 is 0 Å². The van der Waals surface area contributed by atoms with Crippen molar-refractivity contribution in [2.75, 3.05) is 26.2 Å². The number of aryl methyl sites for hydroxylation is 3. The highest BCUT2D eigenvalue weighted by molar-refractivity contribution is 5.56. The molecular weight excluding hydrogens is 594 g/mol. The van der Waals surface area contributed by atoms with E-state index in [2.05, 4.69) is 94.9 Å². The highest BCUT2D eigenvalue weighted by Crippen LogP contribution is 2.26. The Morgan fingerprint density at radius 3 is 1.17 bits per heavy atom. The Morgan fingerprint density at radius 2 is 0.894 bits per heavy atom. The second-order valence-corrected chi connectivity index (χ2v) is 11.9. The van der Waals surface area contributed by atoms with Crippen LogP contribution in [0.15, 0.2) is 86.4 Å². The molecule has 0 radical (unpaired) electrons. The van der Waals surface area contributed by atoms with Crippen LogP contribution in [0.4, 0.5) is 0 Å². The standard InChI is InChI=1S/2C12H13N3O.C11H11N3O/c1-8-14-12(15-16-8)10-4-2-9(3-5-10)11-6-13-7-11;1-8-14-12(15-16-8)10-4-2-9(3-5-10)11-6-7-13-11;1-7-13-11(14-15-7)9-4-2-8(3-5-9)10-6-12-10/h2*2-5,11,13H,6-7H2,1H3;2-5,10,12H,6H2,1H3. The Balaban J connectivity index is 0.000000112. The van der Waals surface area contributed by atoms with E-state index in [4.69, 9.17) is 13.6 Å². The van der Waals surface area contributed by atoms with Gasteiger partial charge in [-0.25, -0.2) is 0 Å². The van der Waals surface area contributed by atoms with E-state index in [0.29, 0.717) is 53.1 Å². The van der Waals surface area contributed by atoms with Gasteiger partial charge in [0, 0.05) is 75.1 Å². The summed E-state index contributed by atoms with van der Waals surface area (Å²) in [6.45, 7) is 9.76. The Hall–Kier alpha value is -5.04. The molecule has 3 saturated heterocycles. The van der Waals surface area contributed by atoms with Gasteiger partial charge in [-0.05, 0) is 29.7 Å². The molecule has 47 heavy (non-hydrogen) atoms. The number of nitrogens with one attached hydrogen (secondary N) is 3. The predicted molar refractivity (Wildman–Crippen MR) is 175 cm³/mol. The molecule has 12 nitrogen and oxygen atoms in total. The zero-order chi connectivity index (χ0) is 32.2. The minimum Gasteiger partial charge on any atom is -0.339 e. The second-order valence-electron chi connectivity index (χ2n) is 11.9. The van der Waals surface area contributed by atoms with E-state index >= 15 is 0 Å². The maximum absolute atomic E-state index is 4.96. The van der Waals surface area contributed by atoms with Crippen LogP contribution in [0.25, 0.3) is 34.2 Å². The van der Waals surface area contributed by atoms with E-state index in [1.54, 1.807) is 20.8 Å². The molecular formula is C35H37N9O3. The average Bonchev–Trinajstić information content (AvgIpc) is 3.40. The summed E-state index contributed by atoms with van der Waals surface area (Å²) in [4.78, 5) is 12.6. The van der Waals surface area contributed by atoms with E-state index in [9.17, 15) is 0 Å². The van der Waals surface area contributed by atoms with Gasteiger partial charge in [-0.15, -0.1) is 0 Å². The molecule has 3 aliphatic rings. The molecule has 6 heterocycles. The average molecular weight is 632 g/mol. The first-order valence-electron chi connectivity index (χ1n) is 15.9. The van der Waals surface area contributed by atoms with Gasteiger partial charge in [0.15, 0.2) is 0 Å². The Morgan fingerprint density at radius 1 is 0.511 bits per heavy atom. The lowest BCUT2D eigenvalue weighted by atomic mass is 9.93. The van der Waals surface area contributed by atoms with Crippen LogP contribution in [-0.4, -0.2) is 56.6 Å². The molecule has 0 aliphatic carbocycles. The summed E-state index contributed by atoms with van der Waals surface area (Å²) in [6, 6.07) is 26.1. The molecule has 3 aromatic carbocycles. The van der Waals surface area contributed by atoms with Crippen molar-refractivity contribution < 1.29 is 13.6 Å². The fraction of sp³-hybridized carbons (Fsp3) is 0.314. The number of hydrogen-bond donors (Lipinski definition) is 3. The van der Waals surface area contributed by atoms with Crippen molar-refractivity contribution in [2.24, 2.45) is 0 Å². The Labute approximate surface area is 272 Å². The number of benzene rings is 3. The smallest absolute Gasteiger partial charge is 0.223 e. The molecule has 12 heteroatoms. The quantitative estimate of drug-likeness (QED) is 0.198. The SMILES string of the molecule is Cc1nc(-c2ccc(C3CCN3)cc2)no1.Cc1nc(-c2ccc(C3CN3)cc2)no1.Cc1nc(-c2ccc(C3CNC3)cc2)no1. The van der Waals surface area contributed by atoms with Gasteiger partial charge in [-0.1, -0.05) is 88.3 Å². The Bertz CT molecular complexity index is 1790. The van der Waals surface area contributed by atoms with Crippen LogP contribution in [0.1, 0.15) is 58.8 Å². The van der Waals surface area contributed by atoms with E-state index in [-0.39, 0.29) is 0 Å². The number of hydrogen-bond acceptors (Lipinski definition) is 12. The number of nitrogens with zero attached hydrogens (tertiary/aromatic N) is 6. The zero-order valence-electron chi connectivity index (χ0n) is 26.6. The van der Waals surface area contributed by atoms with Crippen LogP contribution < -0.4 is 16.0 Å². The lowest BCUT2D eigenvalue weighted by molar-refractivity contribution is 0.383. The van der Waals surface area contributed by atoms with Gasteiger partial charge < -0.3 is 29.5 Å². The van der Waals surface area contributed by atoms with Crippen LogP contribution in [-0.2, 0) is 0 Å². The summed E-state index contributed by atoms with van der Waals surface area (Å²) >= 11 is 0. The largest absolute Gasteiger partial charge is 0.339 e. The first-order chi connectivity index (χ1) is 23.0. The van der Waals surface area contributed by atoms with E-state index in [0.717, 1.165) is 42.9 Å². The monoisotopic (exact) mass is 631 g/mol. The van der Waals surface area contributed by atoms with Crippen molar-refractivity contribution in [1.82, 2.24) is 46.4 Å². The second kappa shape index (κ2) is 13.8. The van der Waals surface area contributed by atoms with Crippen LogP contribution in [0.3, 0.4) is 0 Å². The molecule has 0 amide bonds. The van der Waals surface area contributed by atoms with Crippen molar-refractivity contribution in [2.45, 2.75) is 45.2 Å². The maximum Gasteiger partial charge on any atom is 0.223 e. The molecule has 2 atom stereocenters. The predicted octanol–water partition coefficient (Wildman–Crippen LogP) is 5.50. The molecule has 3 fully saturated rings. The third-order valence-electron chi connectivity index (χ3n) is 8.38. The normalized spacial score (nSPS) is 18.2. The highest BCUT2D eigenvalue weighted by atomic mass is 16.5. The van der Waals surface area contributed by atoms with Gasteiger partial charge in [0.1, 0.15) is 0 Å². The minimum atomic E-state index is 0.529. The molecule has 3 N–H and O–H groups in total. The molecule has 0 spiro atoms. The molecule has 6 aromatic rings. The molecule has 3 aliphatic heterocycles. The van der Waals surface area contributed by atoms with Crippen LogP contribution in [0, 0.1) is 20.8 Å². The molecule has 240 valence electrons. The first-order valence-corrected chi connectivity index (χ1v) is 15.9. The van der Waals surface area contributed by atoms with Gasteiger partial charge in [-0.3, -0.25) is 0 Å². The zero-order valence-corrected chi connectivity index (χ0v) is 26.6. The highest BCUT2D eigenvalue weighted by Gasteiger charge is 2.22. The summed E-state index contributed by atoms with van der Waals surface area (Å²) < 4.78 is 14.8. The lowest BCUT2D eigenvalue weighted by Gasteiger charge is -2.27. The maximum atomic E-state index is 4.96. The molecule has 3 aromatic heterocycles. The van der Waals surface area contributed by atoms with Crippen molar-refractivity contribution >= 4 is 0 Å². The van der Waals surface area contributed by atoms with Gasteiger partial charge in [-0.2, -0.15) is 15.0 Å². The fourth-order valence-corrected chi connectivity index (χ4v) is 5.28. The van der Waals surface area contributed by atoms with Crippen molar-refractivity contribution in [3.05, 3.63) is 107 Å². The third kappa shape index (κ3) is 7.51. The van der Waals surface area contributed by atoms with Crippen LogP contribution in [0.2, 0.25) is 0 Å². The van der Waals surface area contributed by atoms with E-state index < -0.39 is 0 Å². The van der Waals surface area contributed by atoms with Gasteiger partial charge >= 0.3 is 0 Å². The molecule has 2 unspecified atom stereocenters. The van der Waals surface area contributed by atoms with Crippen molar-refractivity contribution in [3.63, 3.8) is 0 Å². The number of rotatable bonds is 6. The molecule has 9 rings (SSSR count). The van der Waals surface area contributed by atoms with E-state index in [1.807, 2.05) is 24.3 Å². The minimum absolute atomic E-state index is 0.529. The summed E-state index contributed by atoms with van der Waals surface area (Å²) in [5.41, 5.74) is 7.03. The molecule has 0 saturated carbocycles. The molecule has 0 bridgehead atoms. The fourth-order valence-electron chi connectivity index (χ4n) is 5.28. The first kappa shape index (κ1) is 30.6. The van der Waals surface area contributed by atoms with Gasteiger partial charge in [0.05, 0.1) is 0 Å². The summed E-state index contributed by atoms with van der Waals surface area (Å²) in [5.74, 6) is 4.44. The lowest BCUT2D eigenvalue weighted by Crippen LogP contribution is -2.39. The van der Waals surface area contributed by atoms with Crippen molar-refractivity contribution in [1.29, 1.82) is 0 Å². The summed E-state index contributed by atoms with van der Waals surface area (Å²) in [7, 11) is 0. The summed E-state index contributed by atoms with van der Waals surface area (Å²) in [6.07, 6.45) is 1.22. The Kier molecular flexibility index (Phi) is 8.96.